The highest BCUT2D eigenvalue weighted by Gasteiger charge is 2.08. The van der Waals surface area contributed by atoms with Crippen molar-refractivity contribution in [3.8, 4) is 0 Å². The summed E-state index contributed by atoms with van der Waals surface area (Å²) in [5, 5.41) is 3.54. The smallest absolute Gasteiger partial charge is 0.0611 e. The Kier molecular flexibility index (Phi) is 2.82. The SMILES string of the molecule is C/C=C/C(C)(C)N=[N+]=[N-]. The summed E-state index contributed by atoms with van der Waals surface area (Å²) >= 11 is 0. The van der Waals surface area contributed by atoms with Crippen molar-refractivity contribution in [2.24, 2.45) is 5.11 Å². The molecule has 0 aromatic heterocycles. The molecular formula is C6H11N3. The van der Waals surface area contributed by atoms with Gasteiger partial charge in [0.1, 0.15) is 0 Å². The van der Waals surface area contributed by atoms with Gasteiger partial charge in [0.05, 0.1) is 5.54 Å². The summed E-state index contributed by atoms with van der Waals surface area (Å²) in [6.07, 6.45) is 3.72. The van der Waals surface area contributed by atoms with E-state index in [0.29, 0.717) is 0 Å². The fraction of sp³-hybridized carbons (Fsp3) is 0.667. The summed E-state index contributed by atoms with van der Waals surface area (Å²) in [4.78, 5) is 2.70. The molecule has 0 unspecified atom stereocenters. The molecule has 0 saturated carbocycles. The van der Waals surface area contributed by atoms with Gasteiger partial charge in [0.25, 0.3) is 0 Å². The van der Waals surface area contributed by atoms with E-state index >= 15 is 0 Å². The number of hydrogen-bond acceptors (Lipinski definition) is 1. The second-order valence-corrected chi connectivity index (χ2v) is 2.34. The predicted octanol–water partition coefficient (Wildman–Crippen LogP) is 2.65. The summed E-state index contributed by atoms with van der Waals surface area (Å²) in [7, 11) is 0. The highest BCUT2D eigenvalue weighted by Crippen LogP contribution is 2.09. The van der Waals surface area contributed by atoms with Gasteiger partial charge in [0, 0.05) is 4.91 Å². The van der Waals surface area contributed by atoms with Crippen LogP contribution < -0.4 is 0 Å². The molecule has 0 rings (SSSR count). The lowest BCUT2D eigenvalue weighted by atomic mass is 10.1. The molecule has 0 N–H and O–H groups in total. The molecule has 0 saturated heterocycles. The van der Waals surface area contributed by atoms with Crippen LogP contribution in [-0.4, -0.2) is 5.54 Å². The van der Waals surface area contributed by atoms with E-state index in [2.05, 4.69) is 10.0 Å². The molecule has 0 heterocycles. The van der Waals surface area contributed by atoms with Gasteiger partial charge in [-0.1, -0.05) is 31.1 Å². The van der Waals surface area contributed by atoms with Gasteiger partial charge < -0.3 is 0 Å². The molecule has 0 aromatic carbocycles. The van der Waals surface area contributed by atoms with Crippen LogP contribution in [0, 0.1) is 0 Å². The lowest BCUT2D eigenvalue weighted by Gasteiger charge is -2.09. The first-order chi connectivity index (χ1) is 4.12. The summed E-state index contributed by atoms with van der Waals surface area (Å²) in [5.74, 6) is 0. The molecule has 0 atom stereocenters. The van der Waals surface area contributed by atoms with Gasteiger partial charge in [0.15, 0.2) is 0 Å². The topological polar surface area (TPSA) is 48.8 Å². The van der Waals surface area contributed by atoms with Crippen LogP contribution in [0.5, 0.6) is 0 Å². The Morgan fingerprint density at radius 3 is 2.44 bits per heavy atom. The van der Waals surface area contributed by atoms with Crippen molar-refractivity contribution in [2.45, 2.75) is 26.3 Å². The van der Waals surface area contributed by atoms with Gasteiger partial charge in [-0.25, -0.2) is 0 Å². The Labute approximate surface area is 55.0 Å². The van der Waals surface area contributed by atoms with E-state index in [1.807, 2.05) is 32.9 Å². The first kappa shape index (κ1) is 8.05. The molecule has 50 valence electrons. The summed E-state index contributed by atoms with van der Waals surface area (Å²) < 4.78 is 0. The van der Waals surface area contributed by atoms with Gasteiger partial charge in [-0.15, -0.1) is 0 Å². The molecule has 0 bridgehead atoms. The van der Waals surface area contributed by atoms with E-state index in [1.54, 1.807) is 0 Å². The molecular weight excluding hydrogens is 114 g/mol. The second-order valence-electron chi connectivity index (χ2n) is 2.34. The van der Waals surface area contributed by atoms with Gasteiger partial charge in [0.2, 0.25) is 0 Å². The largest absolute Gasteiger partial charge is 0.0910 e. The number of rotatable bonds is 2. The van der Waals surface area contributed by atoms with Gasteiger partial charge in [-0.2, -0.15) is 0 Å². The van der Waals surface area contributed by atoms with Crippen molar-refractivity contribution in [3.05, 3.63) is 22.6 Å². The third kappa shape index (κ3) is 3.62. The van der Waals surface area contributed by atoms with Crippen molar-refractivity contribution in [1.29, 1.82) is 0 Å². The molecule has 0 aliphatic rings. The quantitative estimate of drug-likeness (QED) is 0.236. The first-order valence-electron chi connectivity index (χ1n) is 2.82. The summed E-state index contributed by atoms with van der Waals surface area (Å²) in [5.41, 5.74) is 7.68. The number of hydrogen-bond donors (Lipinski definition) is 0. The molecule has 0 fully saturated rings. The van der Waals surface area contributed by atoms with E-state index in [0.717, 1.165) is 0 Å². The van der Waals surface area contributed by atoms with Gasteiger partial charge >= 0.3 is 0 Å². The molecule has 0 amide bonds. The van der Waals surface area contributed by atoms with E-state index in [4.69, 9.17) is 5.53 Å². The maximum Gasteiger partial charge on any atom is 0.0611 e. The zero-order chi connectivity index (χ0) is 7.33. The minimum absolute atomic E-state index is 0.372. The van der Waals surface area contributed by atoms with E-state index < -0.39 is 0 Å². The van der Waals surface area contributed by atoms with Crippen LogP contribution in [-0.2, 0) is 0 Å². The Morgan fingerprint density at radius 1 is 1.56 bits per heavy atom. The maximum atomic E-state index is 8.05. The molecule has 0 spiro atoms. The fourth-order valence-electron chi connectivity index (χ4n) is 0.556. The van der Waals surface area contributed by atoms with E-state index in [-0.39, 0.29) is 5.54 Å². The standard InChI is InChI=1S/C6H11N3/c1-4-5-6(2,3)8-9-7/h4-5H,1-3H3/b5-4+. The third-order valence-corrected chi connectivity index (χ3v) is 0.877. The summed E-state index contributed by atoms with van der Waals surface area (Å²) in [6, 6.07) is 0. The zero-order valence-corrected chi connectivity index (χ0v) is 6.00. The van der Waals surface area contributed by atoms with Crippen LogP contribution in [0.2, 0.25) is 0 Å². The second kappa shape index (κ2) is 3.15. The maximum absolute atomic E-state index is 8.05. The monoisotopic (exact) mass is 125 g/mol. The van der Waals surface area contributed by atoms with Crippen LogP contribution in [0.4, 0.5) is 0 Å². The Bertz CT molecular complexity index is 152. The van der Waals surface area contributed by atoms with Crippen LogP contribution in [0.3, 0.4) is 0 Å². The molecule has 3 heteroatoms. The lowest BCUT2D eigenvalue weighted by molar-refractivity contribution is 0.647. The first-order valence-corrected chi connectivity index (χ1v) is 2.82. The molecule has 0 radical (unpaired) electrons. The highest BCUT2D eigenvalue weighted by atomic mass is 15.2. The zero-order valence-electron chi connectivity index (χ0n) is 6.00. The molecule has 0 aliphatic carbocycles. The average Bonchev–Trinajstić information content (AvgIpc) is 1.64. The fourth-order valence-corrected chi connectivity index (χ4v) is 0.556. The third-order valence-electron chi connectivity index (χ3n) is 0.877. The molecule has 0 aliphatic heterocycles. The Morgan fingerprint density at radius 2 is 2.11 bits per heavy atom. The highest BCUT2D eigenvalue weighted by molar-refractivity contribution is 4.99. The van der Waals surface area contributed by atoms with Crippen LogP contribution >= 0.6 is 0 Å². The summed E-state index contributed by atoms with van der Waals surface area (Å²) in [6.45, 7) is 5.61. The van der Waals surface area contributed by atoms with Crippen LogP contribution in [0.1, 0.15) is 20.8 Å². The van der Waals surface area contributed by atoms with Gasteiger partial charge in [-0.05, 0) is 12.5 Å². The van der Waals surface area contributed by atoms with Gasteiger partial charge in [-0.3, -0.25) is 0 Å². The van der Waals surface area contributed by atoms with Crippen LogP contribution in [0.25, 0.3) is 10.4 Å². The molecule has 3 nitrogen and oxygen atoms in total. The molecule has 9 heavy (non-hydrogen) atoms. The normalized spacial score (nSPS) is 11.4. The number of nitrogens with zero attached hydrogens (tertiary/aromatic N) is 3. The van der Waals surface area contributed by atoms with E-state index in [1.165, 1.54) is 0 Å². The number of allylic oxidation sites excluding steroid dienone is 1. The predicted molar refractivity (Wildman–Crippen MR) is 38.0 cm³/mol. The van der Waals surface area contributed by atoms with E-state index in [9.17, 15) is 0 Å². The Balaban J connectivity index is 4.18. The van der Waals surface area contributed by atoms with Crippen molar-refractivity contribution >= 4 is 0 Å². The van der Waals surface area contributed by atoms with Crippen molar-refractivity contribution in [1.82, 2.24) is 0 Å². The van der Waals surface area contributed by atoms with Crippen molar-refractivity contribution in [3.63, 3.8) is 0 Å². The lowest BCUT2D eigenvalue weighted by Crippen LogP contribution is -2.09. The minimum Gasteiger partial charge on any atom is -0.0910 e. The van der Waals surface area contributed by atoms with Crippen molar-refractivity contribution in [2.75, 3.05) is 0 Å². The number of azide groups is 1. The Hall–Kier alpha value is -0.950. The molecule has 0 aromatic rings. The van der Waals surface area contributed by atoms with Crippen molar-refractivity contribution < 1.29 is 0 Å². The minimum atomic E-state index is -0.372. The van der Waals surface area contributed by atoms with Crippen LogP contribution in [0.15, 0.2) is 17.3 Å². The average molecular weight is 125 g/mol.